The highest BCUT2D eigenvalue weighted by Crippen LogP contribution is 2.16. The van der Waals surface area contributed by atoms with Crippen molar-refractivity contribution in [2.75, 3.05) is 26.2 Å². The van der Waals surface area contributed by atoms with Crippen LogP contribution in [-0.4, -0.2) is 52.0 Å². The highest BCUT2D eigenvalue weighted by atomic mass is 19.2. The normalized spacial score (nSPS) is 15.8. The van der Waals surface area contributed by atoms with Crippen molar-refractivity contribution in [1.29, 1.82) is 0 Å². The van der Waals surface area contributed by atoms with Gasteiger partial charge in [-0.05, 0) is 0 Å². The monoisotopic (exact) mass is 281 g/mol. The number of piperazine rings is 1. The lowest BCUT2D eigenvalue weighted by atomic mass is 10.3. The number of amides is 1. The minimum atomic E-state index is -0.976. The Hall–Kier alpha value is -2.09. The summed E-state index contributed by atoms with van der Waals surface area (Å²) in [5.41, 5.74) is 0.546. The maximum atomic E-state index is 13.3. The summed E-state index contributed by atoms with van der Waals surface area (Å²) in [5, 5.41) is 10.7. The van der Waals surface area contributed by atoms with Crippen molar-refractivity contribution < 1.29 is 13.6 Å². The van der Waals surface area contributed by atoms with Gasteiger partial charge in [0, 0.05) is 38.3 Å². The van der Waals surface area contributed by atoms with E-state index in [2.05, 4.69) is 15.6 Å². The molecule has 1 saturated heterocycles. The number of fused-ring (bicyclic) bond motifs is 1. The van der Waals surface area contributed by atoms with Crippen LogP contribution < -0.4 is 5.32 Å². The smallest absolute Gasteiger partial charge is 0.244 e. The molecule has 0 bridgehead atoms. The summed E-state index contributed by atoms with van der Waals surface area (Å²) in [6, 6.07) is 1.99. The first kappa shape index (κ1) is 12.9. The third-order valence-electron chi connectivity index (χ3n) is 3.31. The Kier molecular flexibility index (Phi) is 3.31. The van der Waals surface area contributed by atoms with Crippen LogP contribution in [0, 0.1) is 11.6 Å². The van der Waals surface area contributed by atoms with Crippen LogP contribution in [0.2, 0.25) is 0 Å². The van der Waals surface area contributed by atoms with E-state index < -0.39 is 11.6 Å². The zero-order valence-electron chi connectivity index (χ0n) is 10.6. The molecule has 1 aliphatic heterocycles. The third-order valence-corrected chi connectivity index (χ3v) is 3.31. The van der Waals surface area contributed by atoms with Gasteiger partial charge in [-0.1, -0.05) is 5.21 Å². The van der Waals surface area contributed by atoms with Gasteiger partial charge in [0.2, 0.25) is 5.91 Å². The number of carbonyl (C=O) groups is 1. The molecule has 0 atom stereocenters. The van der Waals surface area contributed by atoms with E-state index in [4.69, 9.17) is 0 Å². The van der Waals surface area contributed by atoms with Crippen molar-refractivity contribution >= 4 is 16.9 Å². The van der Waals surface area contributed by atoms with Crippen molar-refractivity contribution in [3.63, 3.8) is 0 Å². The first-order chi connectivity index (χ1) is 9.65. The minimum absolute atomic E-state index is 0.0262. The fourth-order valence-corrected chi connectivity index (χ4v) is 2.22. The Morgan fingerprint density at radius 1 is 1.25 bits per heavy atom. The molecule has 1 aliphatic rings. The summed E-state index contributed by atoms with van der Waals surface area (Å²) in [4.78, 5) is 13.8. The maximum Gasteiger partial charge on any atom is 0.244 e. The summed E-state index contributed by atoms with van der Waals surface area (Å²) in [6.45, 7) is 2.75. The molecule has 6 nitrogen and oxygen atoms in total. The molecule has 1 fully saturated rings. The zero-order valence-corrected chi connectivity index (χ0v) is 10.6. The van der Waals surface area contributed by atoms with Gasteiger partial charge in [0.1, 0.15) is 12.1 Å². The summed E-state index contributed by atoms with van der Waals surface area (Å²) >= 11 is 0. The second-order valence-electron chi connectivity index (χ2n) is 4.63. The lowest BCUT2D eigenvalue weighted by Crippen LogP contribution is -2.47. The molecule has 1 N–H and O–H groups in total. The van der Waals surface area contributed by atoms with Gasteiger partial charge in [0.05, 0.1) is 5.52 Å². The second-order valence-corrected chi connectivity index (χ2v) is 4.63. The van der Waals surface area contributed by atoms with Crippen LogP contribution in [0.5, 0.6) is 0 Å². The minimum Gasteiger partial charge on any atom is -0.339 e. The number of aromatic nitrogens is 3. The van der Waals surface area contributed by atoms with Crippen LogP contribution >= 0.6 is 0 Å². The average Bonchev–Trinajstić information content (AvgIpc) is 2.83. The highest BCUT2D eigenvalue weighted by molar-refractivity contribution is 5.80. The molecular formula is C12H13F2N5O. The standard InChI is InChI=1S/C12H13F2N5O/c13-8-5-10-11(6-9(8)14)19(17-16-10)7-12(20)18-3-1-15-2-4-18/h5-6,15H,1-4,7H2. The Morgan fingerprint density at radius 2 is 1.95 bits per heavy atom. The number of hydrogen-bond donors (Lipinski definition) is 1. The van der Waals surface area contributed by atoms with Crippen LogP contribution in [0.4, 0.5) is 8.78 Å². The van der Waals surface area contributed by atoms with Crippen LogP contribution in [0.15, 0.2) is 12.1 Å². The maximum absolute atomic E-state index is 13.3. The van der Waals surface area contributed by atoms with Crippen molar-refractivity contribution in [2.24, 2.45) is 0 Å². The molecule has 20 heavy (non-hydrogen) atoms. The van der Waals surface area contributed by atoms with Crippen molar-refractivity contribution in [1.82, 2.24) is 25.2 Å². The van der Waals surface area contributed by atoms with Gasteiger partial charge in [0.25, 0.3) is 0 Å². The van der Waals surface area contributed by atoms with Gasteiger partial charge in [-0.2, -0.15) is 0 Å². The van der Waals surface area contributed by atoms with Crippen LogP contribution in [-0.2, 0) is 11.3 Å². The van der Waals surface area contributed by atoms with Gasteiger partial charge < -0.3 is 10.2 Å². The molecule has 1 aromatic carbocycles. The van der Waals surface area contributed by atoms with E-state index in [1.165, 1.54) is 4.68 Å². The topological polar surface area (TPSA) is 63.1 Å². The quantitative estimate of drug-likeness (QED) is 0.850. The predicted molar refractivity (Wildman–Crippen MR) is 66.9 cm³/mol. The van der Waals surface area contributed by atoms with Gasteiger partial charge >= 0.3 is 0 Å². The van der Waals surface area contributed by atoms with Gasteiger partial charge in [-0.25, -0.2) is 13.5 Å². The van der Waals surface area contributed by atoms with E-state index in [-0.39, 0.29) is 18.0 Å². The van der Waals surface area contributed by atoms with Gasteiger partial charge in [-0.15, -0.1) is 5.10 Å². The Balaban J connectivity index is 1.83. The average molecular weight is 281 g/mol. The van der Waals surface area contributed by atoms with E-state index in [1.807, 2.05) is 0 Å². The zero-order chi connectivity index (χ0) is 14.1. The number of rotatable bonds is 2. The van der Waals surface area contributed by atoms with Crippen molar-refractivity contribution in [3.05, 3.63) is 23.8 Å². The molecule has 0 saturated carbocycles. The Bertz CT molecular complexity index is 651. The van der Waals surface area contributed by atoms with Crippen LogP contribution in [0.25, 0.3) is 11.0 Å². The number of benzene rings is 1. The molecule has 1 aromatic heterocycles. The van der Waals surface area contributed by atoms with Crippen LogP contribution in [0.1, 0.15) is 0 Å². The lowest BCUT2D eigenvalue weighted by molar-refractivity contribution is -0.132. The summed E-state index contributed by atoms with van der Waals surface area (Å²) < 4.78 is 27.6. The molecule has 2 heterocycles. The molecule has 0 radical (unpaired) electrons. The molecule has 3 rings (SSSR count). The molecule has 8 heteroatoms. The SMILES string of the molecule is O=C(Cn1nnc2cc(F)c(F)cc21)N1CCNCC1. The fraction of sp³-hybridized carbons (Fsp3) is 0.417. The number of nitrogens with one attached hydrogen (secondary N) is 1. The van der Waals surface area contributed by atoms with Crippen molar-refractivity contribution in [3.8, 4) is 0 Å². The largest absolute Gasteiger partial charge is 0.339 e. The van der Waals surface area contributed by atoms with E-state index in [1.54, 1.807) is 4.90 Å². The summed E-state index contributed by atoms with van der Waals surface area (Å²) in [6.07, 6.45) is 0. The molecule has 2 aromatic rings. The van der Waals surface area contributed by atoms with E-state index in [9.17, 15) is 13.6 Å². The molecule has 1 amide bonds. The Labute approximate surface area is 113 Å². The fourth-order valence-electron chi connectivity index (χ4n) is 2.22. The summed E-state index contributed by atoms with van der Waals surface area (Å²) in [7, 11) is 0. The second kappa shape index (κ2) is 5.12. The van der Waals surface area contributed by atoms with Crippen molar-refractivity contribution in [2.45, 2.75) is 6.54 Å². The number of halogens is 2. The molecule has 0 unspecified atom stereocenters. The molecule has 0 aliphatic carbocycles. The van der Waals surface area contributed by atoms with E-state index in [0.29, 0.717) is 18.6 Å². The van der Waals surface area contributed by atoms with Crippen LogP contribution in [0.3, 0.4) is 0 Å². The number of nitrogens with zero attached hydrogens (tertiary/aromatic N) is 4. The first-order valence-electron chi connectivity index (χ1n) is 6.32. The Morgan fingerprint density at radius 3 is 2.70 bits per heavy atom. The number of carbonyl (C=O) groups excluding carboxylic acids is 1. The lowest BCUT2D eigenvalue weighted by Gasteiger charge is -2.27. The predicted octanol–water partition coefficient (Wildman–Crippen LogP) is 0.141. The van der Waals surface area contributed by atoms with Gasteiger partial charge in [0.15, 0.2) is 11.6 Å². The molecule has 0 spiro atoms. The number of hydrogen-bond acceptors (Lipinski definition) is 4. The van der Waals surface area contributed by atoms with E-state index in [0.717, 1.165) is 25.2 Å². The third kappa shape index (κ3) is 2.34. The summed E-state index contributed by atoms with van der Waals surface area (Å²) in [5.74, 6) is -2.06. The molecular weight excluding hydrogens is 268 g/mol. The molecule has 106 valence electrons. The highest BCUT2D eigenvalue weighted by Gasteiger charge is 2.18. The van der Waals surface area contributed by atoms with Gasteiger partial charge in [-0.3, -0.25) is 4.79 Å². The first-order valence-corrected chi connectivity index (χ1v) is 6.32. The van der Waals surface area contributed by atoms with E-state index >= 15 is 0 Å².